The Balaban J connectivity index is 1.82. The van der Waals surface area contributed by atoms with Crippen molar-refractivity contribution in [1.82, 2.24) is 0 Å². The second-order valence-corrected chi connectivity index (χ2v) is 11.3. The molecule has 0 bridgehead atoms. The Labute approximate surface area is 256 Å². The molecule has 13 heteroatoms. The summed E-state index contributed by atoms with van der Waals surface area (Å²) in [6.07, 6.45) is -8.32. The van der Waals surface area contributed by atoms with Crippen LogP contribution in [0.3, 0.4) is 0 Å². The van der Waals surface area contributed by atoms with E-state index in [0.29, 0.717) is 5.56 Å². The number of amides is 1. The smallest absolute Gasteiger partial charge is 0.400 e. The van der Waals surface area contributed by atoms with Crippen LogP contribution < -0.4 is 10.1 Å². The van der Waals surface area contributed by atoms with Gasteiger partial charge in [0.2, 0.25) is 0 Å². The molecule has 5 nitrogen and oxygen atoms in total. The number of ether oxygens (including phenoxy) is 1. The van der Waals surface area contributed by atoms with Crippen LogP contribution in [-0.4, -0.2) is 36.7 Å². The van der Waals surface area contributed by atoms with Crippen LogP contribution in [0.2, 0.25) is 5.02 Å². The van der Waals surface area contributed by atoms with Crippen LogP contribution in [0.5, 0.6) is 5.75 Å². The Hall–Kier alpha value is -3.38. The van der Waals surface area contributed by atoms with E-state index in [1.165, 1.54) is 48.5 Å². The van der Waals surface area contributed by atoms with E-state index in [2.05, 4.69) is 21.2 Å². The number of carbonyl (C=O) groups is 3. The van der Waals surface area contributed by atoms with Crippen molar-refractivity contribution in [2.45, 2.75) is 45.7 Å². The molecule has 0 spiro atoms. The standard InChI is InChI=1S/C30H25BrClF6NO4/c1-29(2,30(36,37)38)26(41)10-5-16-3-8-22(32)19(11-16)24(40)13-17-4-9-25(43-15-27(34)35)20(12-17)28(42)39-18-6-7-21(31)23(33)14-18/h3-4,6-9,11-12,14,27H,5,10,13,15H2,1-2H3,(H,39,42). The number of carbonyl (C=O) groups excluding carboxylic acids is 3. The highest BCUT2D eigenvalue weighted by atomic mass is 79.9. The summed E-state index contributed by atoms with van der Waals surface area (Å²) in [6, 6.07) is 12.0. The Morgan fingerprint density at radius 1 is 0.953 bits per heavy atom. The van der Waals surface area contributed by atoms with Crippen molar-refractivity contribution in [2.24, 2.45) is 5.41 Å². The van der Waals surface area contributed by atoms with Crippen LogP contribution in [0.1, 0.15) is 52.1 Å². The highest BCUT2D eigenvalue weighted by Crippen LogP contribution is 2.39. The van der Waals surface area contributed by atoms with E-state index in [9.17, 15) is 40.7 Å². The van der Waals surface area contributed by atoms with Gasteiger partial charge in [-0.3, -0.25) is 14.4 Å². The third-order valence-electron chi connectivity index (χ3n) is 6.57. The van der Waals surface area contributed by atoms with Gasteiger partial charge in [0.05, 0.1) is 15.1 Å². The fourth-order valence-corrected chi connectivity index (χ4v) is 4.34. The molecule has 3 aromatic carbocycles. The maximum Gasteiger partial charge on any atom is 0.400 e. The SMILES string of the molecule is CC(C)(C(=O)CCc1ccc(Cl)c(C(=O)Cc2ccc(OCC(F)F)c(C(=O)Nc3ccc(Br)c(F)c3)c2)c1)C(F)(F)F. The third kappa shape index (κ3) is 8.82. The first-order valence-electron chi connectivity index (χ1n) is 12.7. The first-order valence-corrected chi connectivity index (χ1v) is 13.9. The molecule has 1 N–H and O–H groups in total. The predicted molar refractivity (Wildman–Crippen MR) is 153 cm³/mol. The zero-order valence-electron chi connectivity index (χ0n) is 22.8. The van der Waals surface area contributed by atoms with Gasteiger partial charge in [0.15, 0.2) is 5.78 Å². The van der Waals surface area contributed by atoms with Gasteiger partial charge < -0.3 is 10.1 Å². The van der Waals surface area contributed by atoms with Gasteiger partial charge in [-0.1, -0.05) is 23.7 Å². The van der Waals surface area contributed by atoms with Gasteiger partial charge in [-0.2, -0.15) is 13.2 Å². The number of nitrogens with one attached hydrogen (secondary N) is 1. The lowest BCUT2D eigenvalue weighted by Gasteiger charge is -2.26. The van der Waals surface area contributed by atoms with E-state index >= 15 is 0 Å². The minimum Gasteiger partial charge on any atom is -0.487 e. The molecule has 0 saturated heterocycles. The molecule has 0 aliphatic rings. The van der Waals surface area contributed by atoms with Crippen LogP contribution >= 0.6 is 27.5 Å². The molecule has 0 atom stereocenters. The van der Waals surface area contributed by atoms with E-state index in [1.54, 1.807) is 0 Å². The molecule has 0 aliphatic heterocycles. The largest absolute Gasteiger partial charge is 0.487 e. The molecular weight excluding hydrogens is 668 g/mol. The number of aryl methyl sites for hydroxylation is 1. The summed E-state index contributed by atoms with van der Waals surface area (Å²) < 4.78 is 84.3. The molecule has 0 saturated carbocycles. The average molecular weight is 693 g/mol. The third-order valence-corrected chi connectivity index (χ3v) is 7.55. The molecule has 0 heterocycles. The number of rotatable bonds is 12. The quantitative estimate of drug-likeness (QED) is 0.152. The molecule has 1 amide bonds. The van der Waals surface area contributed by atoms with Crippen molar-refractivity contribution in [3.63, 3.8) is 0 Å². The number of anilines is 1. The second kappa shape index (κ2) is 13.9. The number of hydrogen-bond acceptors (Lipinski definition) is 4. The zero-order valence-corrected chi connectivity index (χ0v) is 25.1. The number of ketones is 2. The van der Waals surface area contributed by atoms with Crippen molar-refractivity contribution in [3.8, 4) is 5.75 Å². The monoisotopic (exact) mass is 691 g/mol. The average Bonchev–Trinajstić information content (AvgIpc) is 2.92. The van der Waals surface area contributed by atoms with Gasteiger partial charge in [0.1, 0.15) is 29.4 Å². The zero-order chi connectivity index (χ0) is 32.1. The van der Waals surface area contributed by atoms with Gasteiger partial charge in [-0.15, -0.1) is 0 Å². The Morgan fingerprint density at radius 3 is 2.23 bits per heavy atom. The van der Waals surface area contributed by atoms with Crippen molar-refractivity contribution in [2.75, 3.05) is 11.9 Å². The van der Waals surface area contributed by atoms with Gasteiger partial charge >= 0.3 is 6.18 Å². The molecule has 0 radical (unpaired) electrons. The number of alkyl halides is 5. The second-order valence-electron chi connectivity index (χ2n) is 10.1. The lowest BCUT2D eigenvalue weighted by molar-refractivity contribution is -0.210. The normalized spacial score (nSPS) is 11.9. The summed E-state index contributed by atoms with van der Waals surface area (Å²) in [5.41, 5.74) is -1.91. The van der Waals surface area contributed by atoms with E-state index in [1.807, 2.05) is 0 Å². The first kappa shape index (κ1) is 34.1. The maximum absolute atomic E-state index is 13.9. The Kier molecular flexibility index (Phi) is 11.1. The highest BCUT2D eigenvalue weighted by Gasteiger charge is 2.51. The van der Waals surface area contributed by atoms with Crippen molar-refractivity contribution >= 4 is 50.7 Å². The molecule has 3 rings (SSSR count). The predicted octanol–water partition coefficient (Wildman–Crippen LogP) is 8.65. The Bertz CT molecular complexity index is 1530. The molecule has 0 unspecified atom stereocenters. The van der Waals surface area contributed by atoms with E-state index in [0.717, 1.165) is 19.9 Å². The number of Topliss-reactive ketones (excluding diaryl/α,β-unsaturated/α-hetero) is 2. The highest BCUT2D eigenvalue weighted by molar-refractivity contribution is 9.10. The van der Waals surface area contributed by atoms with E-state index < -0.39 is 54.3 Å². The Morgan fingerprint density at radius 2 is 1.60 bits per heavy atom. The van der Waals surface area contributed by atoms with Gasteiger partial charge in [0, 0.05) is 24.1 Å². The van der Waals surface area contributed by atoms with Crippen LogP contribution in [0, 0.1) is 11.2 Å². The van der Waals surface area contributed by atoms with Gasteiger partial charge in [-0.25, -0.2) is 13.2 Å². The lowest BCUT2D eigenvalue weighted by atomic mass is 9.84. The van der Waals surface area contributed by atoms with Crippen LogP contribution in [0.25, 0.3) is 0 Å². The summed E-state index contributed by atoms with van der Waals surface area (Å²) in [4.78, 5) is 38.4. The fraction of sp³-hybridized carbons (Fsp3) is 0.300. The minimum absolute atomic E-state index is 0.0380. The van der Waals surface area contributed by atoms with Crippen molar-refractivity contribution in [3.05, 3.63) is 92.2 Å². The molecule has 43 heavy (non-hydrogen) atoms. The van der Waals surface area contributed by atoms with E-state index in [4.69, 9.17) is 16.3 Å². The fourth-order valence-electron chi connectivity index (χ4n) is 3.87. The van der Waals surface area contributed by atoms with E-state index in [-0.39, 0.29) is 50.5 Å². The van der Waals surface area contributed by atoms with Gasteiger partial charge in [0.25, 0.3) is 12.3 Å². The summed E-state index contributed by atoms with van der Waals surface area (Å²) >= 11 is 9.22. The summed E-state index contributed by atoms with van der Waals surface area (Å²) in [5.74, 6) is -3.19. The van der Waals surface area contributed by atoms with Crippen molar-refractivity contribution < 1.29 is 45.5 Å². The first-order chi connectivity index (χ1) is 20.0. The molecule has 0 aromatic heterocycles. The van der Waals surface area contributed by atoms with Crippen LogP contribution in [-0.2, 0) is 17.6 Å². The topological polar surface area (TPSA) is 72.5 Å². The maximum atomic E-state index is 13.9. The van der Waals surface area contributed by atoms with Crippen LogP contribution in [0.4, 0.5) is 32.0 Å². The summed E-state index contributed by atoms with van der Waals surface area (Å²) in [6.45, 7) is 0.611. The molecule has 0 fully saturated rings. The number of halogens is 8. The molecule has 230 valence electrons. The minimum atomic E-state index is -4.71. The number of hydrogen-bond donors (Lipinski definition) is 1. The molecule has 0 aliphatic carbocycles. The molecule has 3 aromatic rings. The van der Waals surface area contributed by atoms with Crippen molar-refractivity contribution in [1.29, 1.82) is 0 Å². The number of benzene rings is 3. The van der Waals surface area contributed by atoms with Crippen LogP contribution in [0.15, 0.2) is 59.1 Å². The summed E-state index contributed by atoms with van der Waals surface area (Å²) in [5, 5.41) is 2.51. The lowest BCUT2D eigenvalue weighted by Crippen LogP contribution is -2.39. The van der Waals surface area contributed by atoms with Gasteiger partial charge in [-0.05, 0) is 89.8 Å². The molecular formula is C30H25BrClF6NO4. The summed E-state index contributed by atoms with van der Waals surface area (Å²) in [7, 11) is 0.